The molecule has 3 fully saturated rings. The van der Waals surface area contributed by atoms with Crippen molar-refractivity contribution in [3.8, 4) is 0 Å². The highest BCUT2D eigenvalue weighted by Crippen LogP contribution is 2.29. The molecule has 2 heterocycles. The molecule has 2 aliphatic heterocycles. The van der Waals surface area contributed by atoms with Gasteiger partial charge in [-0.15, -0.1) is 0 Å². The Kier molecular flexibility index (Phi) is 8.87. The van der Waals surface area contributed by atoms with E-state index in [-0.39, 0.29) is 5.91 Å². The van der Waals surface area contributed by atoms with Crippen LogP contribution in [0.1, 0.15) is 56.9 Å². The molecule has 1 amide bonds. The van der Waals surface area contributed by atoms with E-state index in [0.29, 0.717) is 17.5 Å². The summed E-state index contributed by atoms with van der Waals surface area (Å²) in [5.41, 5.74) is 7.36. The van der Waals surface area contributed by atoms with Crippen molar-refractivity contribution in [3.63, 3.8) is 0 Å². The lowest BCUT2D eigenvalue weighted by molar-refractivity contribution is -0.134. The minimum atomic E-state index is -0.481. The van der Waals surface area contributed by atoms with Crippen LogP contribution in [0.5, 0.6) is 0 Å². The number of carbonyl (C=O) groups excluding carboxylic acids is 1. The third-order valence-corrected chi connectivity index (χ3v) is 8.08. The molecule has 1 aromatic rings. The molecule has 178 valence electrons. The Balaban J connectivity index is 1.29. The van der Waals surface area contributed by atoms with Crippen molar-refractivity contribution < 1.29 is 4.79 Å². The second kappa shape index (κ2) is 11.8. The molecule has 6 heteroatoms. The lowest BCUT2D eigenvalue weighted by Crippen LogP contribution is -2.57. The fraction of sp³-hybridized carbons (Fsp3) is 0.731. The summed E-state index contributed by atoms with van der Waals surface area (Å²) in [7, 11) is 0. The van der Waals surface area contributed by atoms with Crippen LogP contribution in [-0.4, -0.2) is 78.5 Å². The van der Waals surface area contributed by atoms with E-state index in [0.717, 1.165) is 37.7 Å². The quantitative estimate of drug-likeness (QED) is 0.641. The van der Waals surface area contributed by atoms with Gasteiger partial charge in [0.2, 0.25) is 5.91 Å². The number of likely N-dealkylation sites (tertiary alicyclic amines) is 1. The largest absolute Gasteiger partial charge is 0.339 e. The van der Waals surface area contributed by atoms with Gasteiger partial charge in [-0.1, -0.05) is 55.8 Å². The van der Waals surface area contributed by atoms with Gasteiger partial charge in [0.05, 0.1) is 6.04 Å². The maximum Gasteiger partial charge on any atom is 0.239 e. The Hall–Kier alpha value is -1.14. The predicted octanol–water partition coefficient (Wildman–Crippen LogP) is 3.79. The van der Waals surface area contributed by atoms with E-state index in [4.69, 9.17) is 17.3 Å². The number of hydrogen-bond acceptors (Lipinski definition) is 4. The number of amides is 1. The first kappa shape index (κ1) is 24.0. The van der Waals surface area contributed by atoms with Crippen molar-refractivity contribution in [2.24, 2.45) is 11.7 Å². The maximum absolute atomic E-state index is 13.0. The Labute approximate surface area is 199 Å². The molecule has 1 saturated carbocycles. The molecule has 32 heavy (non-hydrogen) atoms. The SMILES string of the molecule is NC(Cc1ccc(Cl)cc1)C(=O)N1CCN(C(CC2CCCCC2)CN2CCCC2)CC1. The fourth-order valence-electron chi connectivity index (χ4n) is 5.91. The second-order valence-corrected chi connectivity index (χ2v) is 10.6. The van der Waals surface area contributed by atoms with Gasteiger partial charge >= 0.3 is 0 Å². The molecule has 1 aromatic carbocycles. The molecule has 1 aliphatic carbocycles. The fourth-order valence-corrected chi connectivity index (χ4v) is 6.04. The van der Waals surface area contributed by atoms with E-state index < -0.39 is 6.04 Å². The first-order chi connectivity index (χ1) is 15.6. The Morgan fingerprint density at radius 3 is 2.25 bits per heavy atom. The first-order valence-electron chi connectivity index (χ1n) is 12.8. The lowest BCUT2D eigenvalue weighted by Gasteiger charge is -2.42. The normalized spacial score (nSPS) is 23.4. The number of nitrogens with zero attached hydrogens (tertiary/aromatic N) is 3. The van der Waals surface area contributed by atoms with Crippen LogP contribution in [0.2, 0.25) is 5.02 Å². The molecule has 2 atom stereocenters. The zero-order chi connectivity index (χ0) is 22.3. The Morgan fingerprint density at radius 2 is 1.59 bits per heavy atom. The van der Waals surface area contributed by atoms with E-state index in [1.54, 1.807) is 0 Å². The molecule has 0 radical (unpaired) electrons. The highest BCUT2D eigenvalue weighted by atomic mass is 35.5. The van der Waals surface area contributed by atoms with Crippen molar-refractivity contribution in [1.29, 1.82) is 0 Å². The van der Waals surface area contributed by atoms with Gasteiger partial charge in [-0.3, -0.25) is 9.69 Å². The summed E-state index contributed by atoms with van der Waals surface area (Å²) in [6.45, 7) is 7.29. The van der Waals surface area contributed by atoms with Gasteiger partial charge in [0.15, 0.2) is 0 Å². The highest BCUT2D eigenvalue weighted by molar-refractivity contribution is 6.30. The van der Waals surface area contributed by atoms with E-state index >= 15 is 0 Å². The minimum absolute atomic E-state index is 0.0861. The highest BCUT2D eigenvalue weighted by Gasteiger charge is 2.31. The number of benzene rings is 1. The molecule has 5 nitrogen and oxygen atoms in total. The van der Waals surface area contributed by atoms with Gasteiger partial charge in [0, 0.05) is 43.8 Å². The number of piperazine rings is 1. The molecular weight excluding hydrogens is 420 g/mol. The molecule has 2 unspecified atom stereocenters. The molecule has 0 aromatic heterocycles. The van der Waals surface area contributed by atoms with E-state index in [9.17, 15) is 4.79 Å². The third kappa shape index (κ3) is 6.69. The van der Waals surface area contributed by atoms with Crippen LogP contribution in [-0.2, 0) is 11.2 Å². The van der Waals surface area contributed by atoms with E-state index in [1.165, 1.54) is 71.0 Å². The first-order valence-corrected chi connectivity index (χ1v) is 13.2. The molecule has 3 aliphatic rings. The summed E-state index contributed by atoms with van der Waals surface area (Å²) in [5.74, 6) is 0.979. The standard InChI is InChI=1S/C26H41ClN4O/c27-23-10-8-22(9-11-23)19-25(28)26(32)31-16-14-30(15-17-31)24(20-29-12-4-5-13-29)18-21-6-2-1-3-7-21/h8-11,21,24-25H,1-7,12-20,28H2. The number of rotatable bonds is 8. The van der Waals surface area contributed by atoms with Gasteiger partial charge in [-0.25, -0.2) is 0 Å². The summed E-state index contributed by atoms with van der Waals surface area (Å²) in [4.78, 5) is 20.3. The van der Waals surface area contributed by atoms with Crippen molar-refractivity contribution in [1.82, 2.24) is 14.7 Å². The van der Waals surface area contributed by atoms with Crippen LogP contribution < -0.4 is 5.73 Å². The predicted molar refractivity (Wildman–Crippen MR) is 132 cm³/mol. The number of carbonyl (C=O) groups is 1. The van der Waals surface area contributed by atoms with Gasteiger partial charge < -0.3 is 15.5 Å². The molecule has 2 saturated heterocycles. The van der Waals surface area contributed by atoms with Gasteiger partial charge in [0.1, 0.15) is 0 Å². The zero-order valence-corrected chi connectivity index (χ0v) is 20.3. The van der Waals surface area contributed by atoms with Crippen LogP contribution in [0.15, 0.2) is 24.3 Å². The van der Waals surface area contributed by atoms with E-state index in [1.807, 2.05) is 29.2 Å². The van der Waals surface area contributed by atoms with Crippen molar-refractivity contribution in [3.05, 3.63) is 34.9 Å². The van der Waals surface area contributed by atoms with Crippen molar-refractivity contribution in [2.75, 3.05) is 45.8 Å². The summed E-state index contributed by atoms with van der Waals surface area (Å²) >= 11 is 5.97. The molecule has 0 bridgehead atoms. The van der Waals surface area contributed by atoms with Crippen molar-refractivity contribution in [2.45, 2.75) is 69.9 Å². The molecule has 0 spiro atoms. The van der Waals surface area contributed by atoms with Gasteiger partial charge in [0.25, 0.3) is 0 Å². The monoisotopic (exact) mass is 460 g/mol. The summed E-state index contributed by atoms with van der Waals surface area (Å²) in [6, 6.07) is 7.80. The second-order valence-electron chi connectivity index (χ2n) is 10.2. The van der Waals surface area contributed by atoms with Gasteiger partial charge in [-0.05, 0) is 62.4 Å². The lowest BCUT2D eigenvalue weighted by atomic mass is 9.84. The summed E-state index contributed by atoms with van der Waals surface area (Å²) < 4.78 is 0. The Morgan fingerprint density at radius 1 is 0.938 bits per heavy atom. The van der Waals surface area contributed by atoms with Crippen LogP contribution in [0, 0.1) is 5.92 Å². The van der Waals surface area contributed by atoms with E-state index in [2.05, 4.69) is 9.80 Å². The average molecular weight is 461 g/mol. The van der Waals surface area contributed by atoms with Crippen molar-refractivity contribution >= 4 is 17.5 Å². The molecule has 2 N–H and O–H groups in total. The van der Waals surface area contributed by atoms with Gasteiger partial charge in [-0.2, -0.15) is 0 Å². The average Bonchev–Trinajstić information content (AvgIpc) is 3.34. The zero-order valence-electron chi connectivity index (χ0n) is 19.6. The minimum Gasteiger partial charge on any atom is -0.339 e. The number of hydrogen-bond donors (Lipinski definition) is 1. The molecular formula is C26H41ClN4O. The maximum atomic E-state index is 13.0. The number of halogens is 1. The summed E-state index contributed by atoms with van der Waals surface area (Å²) in [5, 5.41) is 0.710. The third-order valence-electron chi connectivity index (χ3n) is 7.83. The smallest absolute Gasteiger partial charge is 0.239 e. The van der Waals surface area contributed by atoms with Crippen LogP contribution in [0.3, 0.4) is 0 Å². The van der Waals surface area contributed by atoms with Crippen LogP contribution >= 0.6 is 11.6 Å². The van der Waals surface area contributed by atoms with Crippen LogP contribution in [0.25, 0.3) is 0 Å². The topological polar surface area (TPSA) is 52.8 Å². The number of nitrogens with two attached hydrogens (primary N) is 1. The summed E-state index contributed by atoms with van der Waals surface area (Å²) in [6.07, 6.45) is 11.7. The Bertz CT molecular complexity index is 707. The van der Waals surface area contributed by atoms with Crippen LogP contribution in [0.4, 0.5) is 0 Å². The molecule has 4 rings (SSSR count).